The van der Waals surface area contributed by atoms with E-state index < -0.39 is 0 Å². The Balaban J connectivity index is 1.56. The van der Waals surface area contributed by atoms with Crippen LogP contribution in [0, 0.1) is 0 Å². The van der Waals surface area contributed by atoms with E-state index >= 15 is 0 Å². The first-order valence-corrected chi connectivity index (χ1v) is 10.5. The molecule has 1 N–H and O–H groups in total. The van der Waals surface area contributed by atoms with Gasteiger partial charge in [0.25, 0.3) is 0 Å². The minimum Gasteiger partial charge on any atom is -0.493 e. The second-order valence-electron chi connectivity index (χ2n) is 6.97. The largest absolute Gasteiger partial charge is 0.493 e. The van der Waals surface area contributed by atoms with E-state index in [1.807, 2.05) is 42.5 Å². The van der Waals surface area contributed by atoms with Crippen LogP contribution in [0.2, 0.25) is 5.02 Å². The molecule has 0 saturated carbocycles. The van der Waals surface area contributed by atoms with Crippen LogP contribution in [0.25, 0.3) is 0 Å². The number of benzene rings is 3. The van der Waals surface area contributed by atoms with Gasteiger partial charge in [-0.1, -0.05) is 48.0 Å². The lowest BCUT2D eigenvalue weighted by molar-refractivity contribution is 0.297. The number of ether oxygens (including phenoxy) is 4. The van der Waals surface area contributed by atoms with Crippen molar-refractivity contribution in [1.82, 2.24) is 5.32 Å². The third kappa shape index (κ3) is 6.29. The Morgan fingerprint density at radius 3 is 2.10 bits per heavy atom. The summed E-state index contributed by atoms with van der Waals surface area (Å²) in [5, 5.41) is 4.04. The van der Waals surface area contributed by atoms with E-state index in [1.54, 1.807) is 27.4 Å². The zero-order valence-corrected chi connectivity index (χ0v) is 18.9. The second kappa shape index (κ2) is 11.5. The number of hydrogen-bond donors (Lipinski definition) is 1. The maximum atomic E-state index is 6.37. The summed E-state index contributed by atoms with van der Waals surface area (Å²) in [6.07, 6.45) is 0.847. The molecule has 0 bridgehead atoms. The SMILES string of the molecule is COc1cc(Cl)c(CNCc2ccc(OCCc3ccccc3)c(OC)c2)cc1OC. The standard InChI is InChI=1S/C25H28ClNO4/c1-28-23-13-19(9-10-22(23)31-12-11-18-7-5-4-6-8-18)16-27-17-20-14-24(29-2)25(30-3)15-21(20)26/h4-10,13-15,27H,11-12,16-17H2,1-3H3. The van der Waals surface area contributed by atoms with Crippen LogP contribution >= 0.6 is 11.6 Å². The van der Waals surface area contributed by atoms with Crippen molar-refractivity contribution >= 4 is 11.6 Å². The molecule has 0 radical (unpaired) electrons. The van der Waals surface area contributed by atoms with E-state index in [4.69, 9.17) is 30.5 Å². The average molecular weight is 442 g/mol. The number of rotatable bonds is 11. The summed E-state index contributed by atoms with van der Waals surface area (Å²) < 4.78 is 22.1. The van der Waals surface area contributed by atoms with Crippen LogP contribution in [0.5, 0.6) is 23.0 Å². The maximum absolute atomic E-state index is 6.37. The number of hydrogen-bond acceptors (Lipinski definition) is 5. The van der Waals surface area contributed by atoms with Crippen LogP contribution in [0.15, 0.2) is 60.7 Å². The van der Waals surface area contributed by atoms with Crippen molar-refractivity contribution in [2.75, 3.05) is 27.9 Å². The first kappa shape index (κ1) is 22.8. The van der Waals surface area contributed by atoms with E-state index in [-0.39, 0.29) is 0 Å². The highest BCUT2D eigenvalue weighted by Gasteiger charge is 2.10. The molecule has 3 rings (SSSR count). The fraction of sp³-hybridized carbons (Fsp3) is 0.280. The van der Waals surface area contributed by atoms with E-state index in [2.05, 4.69) is 17.4 Å². The average Bonchev–Trinajstić information content (AvgIpc) is 2.81. The highest BCUT2D eigenvalue weighted by Crippen LogP contribution is 2.33. The van der Waals surface area contributed by atoms with E-state index in [9.17, 15) is 0 Å². The summed E-state index contributed by atoms with van der Waals surface area (Å²) in [7, 11) is 4.85. The van der Waals surface area contributed by atoms with Gasteiger partial charge < -0.3 is 24.3 Å². The summed E-state index contributed by atoms with van der Waals surface area (Å²) in [5.41, 5.74) is 3.27. The molecule has 0 unspecified atom stereocenters. The molecular weight excluding hydrogens is 414 g/mol. The lowest BCUT2D eigenvalue weighted by Crippen LogP contribution is -2.13. The van der Waals surface area contributed by atoms with Gasteiger partial charge in [0.2, 0.25) is 0 Å². The Hall–Kier alpha value is -2.89. The third-order valence-electron chi connectivity index (χ3n) is 4.92. The van der Waals surface area contributed by atoms with Crippen LogP contribution in [0.3, 0.4) is 0 Å². The molecule has 3 aromatic rings. The molecule has 0 atom stereocenters. The molecule has 3 aromatic carbocycles. The number of halogens is 1. The molecule has 0 spiro atoms. The Kier molecular flexibility index (Phi) is 8.44. The Morgan fingerprint density at radius 1 is 0.710 bits per heavy atom. The van der Waals surface area contributed by atoms with E-state index in [0.717, 1.165) is 29.0 Å². The molecule has 0 aromatic heterocycles. The summed E-state index contributed by atoms with van der Waals surface area (Å²) in [6, 6.07) is 19.9. The van der Waals surface area contributed by atoms with Crippen molar-refractivity contribution in [1.29, 1.82) is 0 Å². The molecule has 5 nitrogen and oxygen atoms in total. The monoisotopic (exact) mass is 441 g/mol. The smallest absolute Gasteiger partial charge is 0.162 e. The molecular formula is C25H28ClNO4. The predicted octanol–water partition coefficient (Wildman–Crippen LogP) is 5.28. The normalized spacial score (nSPS) is 10.6. The quantitative estimate of drug-likeness (QED) is 0.439. The summed E-state index contributed by atoms with van der Waals surface area (Å²) >= 11 is 6.37. The van der Waals surface area contributed by atoms with Crippen LogP contribution in [0.1, 0.15) is 16.7 Å². The van der Waals surface area contributed by atoms with E-state index in [1.165, 1.54) is 5.56 Å². The minimum atomic E-state index is 0.593. The molecule has 6 heteroatoms. The van der Waals surface area contributed by atoms with Crippen LogP contribution in [-0.2, 0) is 19.5 Å². The van der Waals surface area contributed by atoms with Crippen molar-refractivity contribution < 1.29 is 18.9 Å². The van der Waals surface area contributed by atoms with Crippen molar-refractivity contribution in [3.63, 3.8) is 0 Å². The molecule has 164 valence electrons. The Bertz CT molecular complexity index is 979. The van der Waals surface area contributed by atoms with Crippen LogP contribution in [-0.4, -0.2) is 27.9 Å². The Labute approximate surface area is 188 Å². The van der Waals surface area contributed by atoms with Crippen molar-refractivity contribution in [2.24, 2.45) is 0 Å². The van der Waals surface area contributed by atoms with E-state index in [0.29, 0.717) is 36.2 Å². The molecule has 0 heterocycles. The topological polar surface area (TPSA) is 49.0 Å². The summed E-state index contributed by atoms with van der Waals surface area (Å²) in [6.45, 7) is 1.85. The van der Waals surface area contributed by atoms with Gasteiger partial charge >= 0.3 is 0 Å². The lowest BCUT2D eigenvalue weighted by Gasteiger charge is -2.14. The predicted molar refractivity (Wildman–Crippen MR) is 124 cm³/mol. The van der Waals surface area contributed by atoms with Gasteiger partial charge in [0.15, 0.2) is 23.0 Å². The molecule has 0 aliphatic rings. The molecule has 0 fully saturated rings. The molecule has 0 aliphatic heterocycles. The number of nitrogens with one attached hydrogen (secondary N) is 1. The zero-order chi connectivity index (χ0) is 22.1. The summed E-state index contributed by atoms with van der Waals surface area (Å²) in [4.78, 5) is 0. The maximum Gasteiger partial charge on any atom is 0.162 e. The molecule has 0 aliphatic carbocycles. The van der Waals surface area contributed by atoms with Gasteiger partial charge in [-0.15, -0.1) is 0 Å². The fourth-order valence-electron chi connectivity index (χ4n) is 3.24. The summed E-state index contributed by atoms with van der Waals surface area (Å²) in [5.74, 6) is 2.73. The van der Waals surface area contributed by atoms with Gasteiger partial charge in [-0.25, -0.2) is 0 Å². The van der Waals surface area contributed by atoms with Crippen molar-refractivity contribution in [2.45, 2.75) is 19.5 Å². The lowest BCUT2D eigenvalue weighted by atomic mass is 10.1. The highest BCUT2D eigenvalue weighted by atomic mass is 35.5. The van der Waals surface area contributed by atoms with Crippen LogP contribution < -0.4 is 24.3 Å². The second-order valence-corrected chi connectivity index (χ2v) is 7.38. The van der Waals surface area contributed by atoms with Gasteiger partial charge in [0.05, 0.1) is 27.9 Å². The minimum absolute atomic E-state index is 0.593. The van der Waals surface area contributed by atoms with Crippen molar-refractivity contribution in [3.8, 4) is 23.0 Å². The number of methoxy groups -OCH3 is 3. The molecule has 31 heavy (non-hydrogen) atoms. The van der Waals surface area contributed by atoms with Crippen molar-refractivity contribution in [3.05, 3.63) is 82.4 Å². The van der Waals surface area contributed by atoms with Gasteiger partial charge in [-0.05, 0) is 34.9 Å². The first-order chi connectivity index (χ1) is 15.1. The molecule has 0 amide bonds. The van der Waals surface area contributed by atoms with Gasteiger partial charge in [-0.3, -0.25) is 0 Å². The van der Waals surface area contributed by atoms with Crippen LogP contribution in [0.4, 0.5) is 0 Å². The third-order valence-corrected chi connectivity index (χ3v) is 5.27. The fourth-order valence-corrected chi connectivity index (χ4v) is 3.46. The van der Waals surface area contributed by atoms with Gasteiger partial charge in [0, 0.05) is 30.6 Å². The zero-order valence-electron chi connectivity index (χ0n) is 18.1. The first-order valence-electron chi connectivity index (χ1n) is 10.1. The molecule has 0 saturated heterocycles. The Morgan fingerprint density at radius 2 is 1.39 bits per heavy atom. The van der Waals surface area contributed by atoms with Gasteiger partial charge in [-0.2, -0.15) is 0 Å². The highest BCUT2D eigenvalue weighted by molar-refractivity contribution is 6.31. The van der Waals surface area contributed by atoms with Gasteiger partial charge in [0.1, 0.15) is 0 Å².